The molecule has 0 bridgehead atoms. The van der Waals surface area contributed by atoms with Crippen molar-refractivity contribution >= 4 is 35.7 Å². The van der Waals surface area contributed by atoms with Crippen LogP contribution in [0.2, 0.25) is 0 Å². The molecule has 0 radical (unpaired) electrons. The number of aromatic nitrogens is 1. The predicted molar refractivity (Wildman–Crippen MR) is 95.5 cm³/mol. The van der Waals surface area contributed by atoms with Crippen LogP contribution in [0.3, 0.4) is 0 Å². The lowest BCUT2D eigenvalue weighted by Gasteiger charge is -2.21. The Kier molecular flexibility index (Phi) is 10.8. The van der Waals surface area contributed by atoms with Gasteiger partial charge in [-0.2, -0.15) is 0 Å². The highest BCUT2D eigenvalue weighted by Gasteiger charge is 2.12. The third-order valence-corrected chi connectivity index (χ3v) is 3.20. The number of nitrogens with two attached hydrogens (primary N) is 1. The summed E-state index contributed by atoms with van der Waals surface area (Å²) >= 11 is 0. The maximum Gasteiger partial charge on any atom is 0.224 e. The lowest BCUT2D eigenvalue weighted by Crippen LogP contribution is -2.32. The van der Waals surface area contributed by atoms with E-state index < -0.39 is 0 Å². The van der Waals surface area contributed by atoms with E-state index in [2.05, 4.69) is 24.1 Å². The topological polar surface area (TPSA) is 88.3 Å². The average molecular weight is 343 g/mol. The second kappa shape index (κ2) is 11.7. The molecule has 6 nitrogen and oxygen atoms in total. The monoisotopic (exact) mass is 342 g/mol. The van der Waals surface area contributed by atoms with Gasteiger partial charge < -0.3 is 16.0 Å². The van der Waals surface area contributed by atoms with Gasteiger partial charge in [0.15, 0.2) is 0 Å². The maximum atomic E-state index is 12.1. The molecule has 0 spiro atoms. The Morgan fingerprint density at radius 2 is 1.83 bits per heavy atom. The van der Waals surface area contributed by atoms with Gasteiger partial charge in [0.05, 0.1) is 11.9 Å². The quantitative estimate of drug-likeness (QED) is 0.722. The number of carbonyl (C=O) groups is 2. The molecule has 0 unspecified atom stereocenters. The zero-order valence-electron chi connectivity index (χ0n) is 13.9. The van der Waals surface area contributed by atoms with E-state index in [-0.39, 0.29) is 24.2 Å². The van der Waals surface area contributed by atoms with Crippen molar-refractivity contribution in [2.75, 3.05) is 24.1 Å². The highest BCUT2D eigenvalue weighted by atomic mass is 35.5. The molecule has 0 aliphatic carbocycles. The summed E-state index contributed by atoms with van der Waals surface area (Å²) < 4.78 is 0. The fraction of sp³-hybridized carbons (Fsp3) is 0.562. The molecular formula is C16H27ClN4O2. The predicted octanol–water partition coefficient (Wildman–Crippen LogP) is 2.84. The van der Waals surface area contributed by atoms with Crippen LogP contribution < -0.4 is 11.1 Å². The first-order valence-electron chi connectivity index (χ1n) is 7.86. The molecule has 0 fully saturated rings. The lowest BCUT2D eigenvalue weighted by atomic mass is 10.2. The summed E-state index contributed by atoms with van der Waals surface area (Å²) in [6, 6.07) is 3.34. The van der Waals surface area contributed by atoms with Crippen LogP contribution >= 0.6 is 12.4 Å². The third-order valence-electron chi connectivity index (χ3n) is 3.20. The van der Waals surface area contributed by atoms with Crippen LogP contribution in [0, 0.1) is 0 Å². The van der Waals surface area contributed by atoms with Crippen LogP contribution in [0.1, 0.15) is 46.0 Å². The van der Waals surface area contributed by atoms with Gasteiger partial charge in [-0.25, -0.2) is 4.98 Å². The van der Waals surface area contributed by atoms with E-state index in [1.165, 1.54) is 6.20 Å². The van der Waals surface area contributed by atoms with Crippen molar-refractivity contribution in [2.45, 2.75) is 46.0 Å². The largest absolute Gasteiger partial charge is 0.384 e. The van der Waals surface area contributed by atoms with Crippen LogP contribution in [0.15, 0.2) is 18.3 Å². The van der Waals surface area contributed by atoms with Gasteiger partial charge in [0, 0.05) is 25.9 Å². The van der Waals surface area contributed by atoms with Crippen LogP contribution in [-0.4, -0.2) is 34.8 Å². The van der Waals surface area contributed by atoms with Crippen molar-refractivity contribution < 1.29 is 9.59 Å². The number of anilines is 2. The second-order valence-electron chi connectivity index (χ2n) is 5.25. The third kappa shape index (κ3) is 8.40. The number of hydrogen-bond acceptors (Lipinski definition) is 4. The summed E-state index contributed by atoms with van der Waals surface area (Å²) in [6.45, 7) is 5.69. The van der Waals surface area contributed by atoms with Gasteiger partial charge in [0.2, 0.25) is 11.8 Å². The molecule has 3 N–H and O–H groups in total. The summed E-state index contributed by atoms with van der Waals surface area (Å²) in [5, 5.41) is 2.74. The molecule has 0 aliphatic rings. The number of nitrogens with zero attached hydrogens (tertiary/aromatic N) is 2. The van der Waals surface area contributed by atoms with Gasteiger partial charge in [0.25, 0.3) is 0 Å². The molecule has 23 heavy (non-hydrogen) atoms. The van der Waals surface area contributed by atoms with E-state index in [9.17, 15) is 9.59 Å². The van der Waals surface area contributed by atoms with E-state index in [4.69, 9.17) is 5.73 Å². The SMILES string of the molecule is CCCN(CCC)C(=O)CCCC(=O)Nc1ccc(N)nc1.Cl. The van der Waals surface area contributed by atoms with Crippen LogP contribution in [0.25, 0.3) is 0 Å². The smallest absolute Gasteiger partial charge is 0.224 e. The molecule has 0 saturated heterocycles. The molecule has 1 rings (SSSR count). The number of rotatable bonds is 9. The van der Waals surface area contributed by atoms with Gasteiger partial charge in [-0.3, -0.25) is 9.59 Å². The Morgan fingerprint density at radius 3 is 2.35 bits per heavy atom. The van der Waals surface area contributed by atoms with E-state index in [1.807, 2.05) is 4.90 Å². The zero-order valence-corrected chi connectivity index (χ0v) is 14.7. The number of carbonyl (C=O) groups excluding carboxylic acids is 2. The van der Waals surface area contributed by atoms with Gasteiger partial charge in [-0.05, 0) is 31.4 Å². The number of hydrogen-bond donors (Lipinski definition) is 2. The molecule has 0 aliphatic heterocycles. The van der Waals surface area contributed by atoms with E-state index in [1.54, 1.807) is 12.1 Å². The Balaban J connectivity index is 0.00000484. The molecule has 1 aromatic rings. The Morgan fingerprint density at radius 1 is 1.17 bits per heavy atom. The molecule has 2 amide bonds. The molecule has 130 valence electrons. The average Bonchev–Trinajstić information content (AvgIpc) is 2.49. The molecular weight excluding hydrogens is 316 g/mol. The van der Waals surface area contributed by atoms with Crippen molar-refractivity contribution in [3.05, 3.63) is 18.3 Å². The number of amides is 2. The molecule has 1 aromatic heterocycles. The summed E-state index contributed by atoms with van der Waals surface area (Å²) in [5.74, 6) is 0.429. The minimum absolute atomic E-state index is 0. The van der Waals surface area contributed by atoms with Crippen molar-refractivity contribution in [2.24, 2.45) is 0 Å². The Hall–Kier alpha value is -1.82. The van der Waals surface area contributed by atoms with Crippen LogP contribution in [-0.2, 0) is 9.59 Å². The maximum absolute atomic E-state index is 12.1. The molecule has 0 atom stereocenters. The van der Waals surface area contributed by atoms with Crippen molar-refractivity contribution in [1.29, 1.82) is 0 Å². The zero-order chi connectivity index (χ0) is 16.4. The van der Waals surface area contributed by atoms with Crippen LogP contribution in [0.4, 0.5) is 11.5 Å². The lowest BCUT2D eigenvalue weighted by molar-refractivity contribution is -0.131. The second-order valence-corrected chi connectivity index (χ2v) is 5.25. The highest BCUT2D eigenvalue weighted by molar-refractivity contribution is 5.90. The van der Waals surface area contributed by atoms with Gasteiger partial charge in [-0.15, -0.1) is 12.4 Å². The standard InChI is InChI=1S/C16H26N4O2.ClH/c1-3-10-20(11-4-2)16(22)7-5-6-15(21)19-13-8-9-14(17)18-12-13;/h8-9,12H,3-7,10-11H2,1-2H3,(H2,17,18)(H,19,21);1H. The van der Waals surface area contributed by atoms with Crippen molar-refractivity contribution in [1.82, 2.24) is 9.88 Å². The number of halogens is 1. The normalized spacial score (nSPS) is 9.83. The Labute approximate surface area is 144 Å². The first kappa shape index (κ1) is 21.2. The Bertz CT molecular complexity index is 473. The highest BCUT2D eigenvalue weighted by Crippen LogP contribution is 2.09. The molecule has 7 heteroatoms. The number of pyridine rings is 1. The summed E-state index contributed by atoms with van der Waals surface area (Å²) in [6.07, 6.45) is 4.71. The van der Waals surface area contributed by atoms with Crippen LogP contribution in [0.5, 0.6) is 0 Å². The van der Waals surface area contributed by atoms with Gasteiger partial charge in [0.1, 0.15) is 5.82 Å². The molecule has 0 aromatic carbocycles. The minimum Gasteiger partial charge on any atom is -0.384 e. The van der Waals surface area contributed by atoms with Crippen molar-refractivity contribution in [3.8, 4) is 0 Å². The van der Waals surface area contributed by atoms with Gasteiger partial charge >= 0.3 is 0 Å². The summed E-state index contributed by atoms with van der Waals surface area (Å²) in [5.41, 5.74) is 6.10. The fourth-order valence-electron chi connectivity index (χ4n) is 2.16. The number of nitrogens with one attached hydrogen (secondary N) is 1. The van der Waals surface area contributed by atoms with Crippen molar-refractivity contribution in [3.63, 3.8) is 0 Å². The summed E-state index contributed by atoms with van der Waals surface area (Å²) in [7, 11) is 0. The number of nitrogen functional groups attached to an aromatic ring is 1. The first-order valence-corrected chi connectivity index (χ1v) is 7.86. The molecule has 0 saturated carbocycles. The molecule has 1 heterocycles. The minimum atomic E-state index is -0.114. The fourth-order valence-corrected chi connectivity index (χ4v) is 2.16. The van der Waals surface area contributed by atoms with Gasteiger partial charge in [-0.1, -0.05) is 13.8 Å². The van der Waals surface area contributed by atoms with E-state index in [0.717, 1.165) is 25.9 Å². The first-order chi connectivity index (χ1) is 10.6. The van der Waals surface area contributed by atoms with E-state index in [0.29, 0.717) is 30.8 Å². The van der Waals surface area contributed by atoms with E-state index >= 15 is 0 Å². The summed E-state index contributed by atoms with van der Waals surface area (Å²) in [4.78, 5) is 29.7.